The predicted molar refractivity (Wildman–Crippen MR) is 96.9 cm³/mol. The van der Waals surface area contributed by atoms with E-state index in [2.05, 4.69) is 5.10 Å². The molecule has 1 aliphatic heterocycles. The van der Waals surface area contributed by atoms with Gasteiger partial charge in [-0.05, 0) is 6.07 Å². The molecule has 9 heteroatoms. The van der Waals surface area contributed by atoms with Gasteiger partial charge in [-0.3, -0.25) is 9.59 Å². The fourth-order valence-electron chi connectivity index (χ4n) is 2.82. The summed E-state index contributed by atoms with van der Waals surface area (Å²) >= 11 is 0. The van der Waals surface area contributed by atoms with Crippen molar-refractivity contribution in [3.05, 3.63) is 52.8 Å². The summed E-state index contributed by atoms with van der Waals surface area (Å²) in [6.45, 7) is 0.963. The maximum absolute atomic E-state index is 12.5. The standard InChI is InChI=1S/C17H20N4O4S/c1-26(24,25)20-11-9-19(10-12-20)17(23)13-21-16(22)8-7-15(18-21)14-5-3-2-4-6-14/h2-8H,9-13H2,1H3. The summed E-state index contributed by atoms with van der Waals surface area (Å²) in [5.74, 6) is -0.252. The molecule has 0 bridgehead atoms. The third-order valence-electron chi connectivity index (χ3n) is 4.28. The second-order valence-corrected chi connectivity index (χ2v) is 8.11. The number of hydrogen-bond acceptors (Lipinski definition) is 5. The first kappa shape index (κ1) is 18.3. The van der Waals surface area contributed by atoms with Crippen LogP contribution >= 0.6 is 0 Å². The third kappa shape index (κ3) is 4.17. The summed E-state index contributed by atoms with van der Waals surface area (Å²) in [6.07, 6.45) is 1.16. The number of benzene rings is 1. The fourth-order valence-corrected chi connectivity index (χ4v) is 3.65. The van der Waals surface area contributed by atoms with Gasteiger partial charge in [0.2, 0.25) is 15.9 Å². The summed E-state index contributed by atoms with van der Waals surface area (Å²) < 4.78 is 25.6. The van der Waals surface area contributed by atoms with E-state index in [1.165, 1.54) is 10.4 Å². The Hall–Kier alpha value is -2.52. The fraction of sp³-hybridized carbons (Fsp3) is 0.353. The number of amides is 1. The quantitative estimate of drug-likeness (QED) is 0.750. The van der Waals surface area contributed by atoms with Crippen LogP contribution in [0.15, 0.2) is 47.3 Å². The minimum Gasteiger partial charge on any atom is -0.338 e. The molecule has 1 fully saturated rings. The summed E-state index contributed by atoms with van der Waals surface area (Å²) in [6, 6.07) is 12.4. The van der Waals surface area contributed by atoms with Gasteiger partial charge >= 0.3 is 0 Å². The van der Waals surface area contributed by atoms with E-state index in [9.17, 15) is 18.0 Å². The van der Waals surface area contributed by atoms with Crippen molar-refractivity contribution in [1.29, 1.82) is 0 Å². The third-order valence-corrected chi connectivity index (χ3v) is 5.58. The van der Waals surface area contributed by atoms with Crippen LogP contribution in [0.5, 0.6) is 0 Å². The highest BCUT2D eigenvalue weighted by Crippen LogP contribution is 2.14. The minimum absolute atomic E-state index is 0.168. The lowest BCUT2D eigenvalue weighted by molar-refractivity contribution is -0.133. The van der Waals surface area contributed by atoms with Crippen LogP contribution in [0.3, 0.4) is 0 Å². The van der Waals surface area contributed by atoms with Crippen LogP contribution in [0.25, 0.3) is 11.3 Å². The van der Waals surface area contributed by atoms with Crippen LogP contribution in [0, 0.1) is 0 Å². The molecule has 3 rings (SSSR count). The molecule has 0 saturated carbocycles. The van der Waals surface area contributed by atoms with Gasteiger partial charge in [-0.2, -0.15) is 9.40 Å². The molecule has 0 N–H and O–H groups in total. The van der Waals surface area contributed by atoms with Crippen molar-refractivity contribution < 1.29 is 13.2 Å². The largest absolute Gasteiger partial charge is 0.338 e. The molecule has 0 radical (unpaired) electrons. The predicted octanol–water partition coefficient (Wildman–Crippen LogP) is 0.0141. The van der Waals surface area contributed by atoms with Crippen LogP contribution in [0.2, 0.25) is 0 Å². The molecule has 8 nitrogen and oxygen atoms in total. The molecule has 1 aromatic carbocycles. The molecule has 0 spiro atoms. The van der Waals surface area contributed by atoms with Gasteiger partial charge in [-0.15, -0.1) is 0 Å². The van der Waals surface area contributed by atoms with E-state index < -0.39 is 10.0 Å². The Balaban J connectivity index is 1.71. The number of sulfonamides is 1. The molecular weight excluding hydrogens is 356 g/mol. The van der Waals surface area contributed by atoms with Gasteiger partial charge in [-0.25, -0.2) is 13.1 Å². The molecule has 138 valence electrons. The van der Waals surface area contributed by atoms with Gasteiger partial charge in [-0.1, -0.05) is 30.3 Å². The van der Waals surface area contributed by atoms with Crippen molar-refractivity contribution in [1.82, 2.24) is 19.0 Å². The number of aromatic nitrogens is 2. The van der Waals surface area contributed by atoms with E-state index >= 15 is 0 Å². The van der Waals surface area contributed by atoms with E-state index in [0.717, 1.165) is 16.5 Å². The Morgan fingerprint density at radius 3 is 2.31 bits per heavy atom. The van der Waals surface area contributed by atoms with Crippen LogP contribution in [0.1, 0.15) is 0 Å². The highest BCUT2D eigenvalue weighted by atomic mass is 32.2. The molecule has 1 amide bonds. The lowest BCUT2D eigenvalue weighted by atomic mass is 10.1. The smallest absolute Gasteiger partial charge is 0.267 e. The Labute approximate surface area is 151 Å². The van der Waals surface area contributed by atoms with E-state index in [1.54, 1.807) is 11.0 Å². The van der Waals surface area contributed by atoms with Crippen LogP contribution < -0.4 is 5.56 Å². The molecule has 2 heterocycles. The molecule has 1 aromatic heterocycles. The zero-order valence-electron chi connectivity index (χ0n) is 14.4. The van der Waals surface area contributed by atoms with E-state index in [0.29, 0.717) is 18.8 Å². The second-order valence-electron chi connectivity index (χ2n) is 6.12. The number of nitrogens with zero attached hydrogens (tertiary/aromatic N) is 4. The SMILES string of the molecule is CS(=O)(=O)N1CCN(C(=O)Cn2nc(-c3ccccc3)ccc2=O)CC1. The Kier molecular flexibility index (Phi) is 5.19. The zero-order valence-corrected chi connectivity index (χ0v) is 15.2. The molecule has 0 unspecified atom stereocenters. The number of hydrogen-bond donors (Lipinski definition) is 0. The van der Waals surface area contributed by atoms with Crippen molar-refractivity contribution in [3.8, 4) is 11.3 Å². The van der Waals surface area contributed by atoms with Gasteiger partial charge in [0, 0.05) is 37.8 Å². The van der Waals surface area contributed by atoms with E-state index in [-0.39, 0.29) is 31.1 Å². The first-order valence-corrected chi connectivity index (χ1v) is 10.1. The van der Waals surface area contributed by atoms with E-state index in [1.807, 2.05) is 30.3 Å². The highest BCUT2D eigenvalue weighted by Gasteiger charge is 2.26. The van der Waals surface area contributed by atoms with Crippen molar-refractivity contribution in [2.75, 3.05) is 32.4 Å². The maximum Gasteiger partial charge on any atom is 0.267 e. The van der Waals surface area contributed by atoms with Crippen molar-refractivity contribution in [2.45, 2.75) is 6.54 Å². The number of piperazine rings is 1. The first-order valence-electron chi connectivity index (χ1n) is 8.21. The molecule has 1 aliphatic rings. The Bertz CT molecular complexity index is 948. The van der Waals surface area contributed by atoms with Gasteiger partial charge in [0.15, 0.2) is 0 Å². The summed E-state index contributed by atoms with van der Waals surface area (Å²) in [7, 11) is -3.25. The van der Waals surface area contributed by atoms with E-state index in [4.69, 9.17) is 0 Å². The Morgan fingerprint density at radius 1 is 1.04 bits per heavy atom. The molecule has 26 heavy (non-hydrogen) atoms. The summed E-state index contributed by atoms with van der Waals surface area (Å²) in [5, 5.41) is 4.28. The summed E-state index contributed by atoms with van der Waals surface area (Å²) in [4.78, 5) is 26.1. The maximum atomic E-state index is 12.5. The summed E-state index contributed by atoms with van der Waals surface area (Å²) in [5.41, 5.74) is 1.11. The van der Waals surface area contributed by atoms with Crippen molar-refractivity contribution in [2.24, 2.45) is 0 Å². The van der Waals surface area contributed by atoms with Crippen molar-refractivity contribution in [3.63, 3.8) is 0 Å². The van der Waals surface area contributed by atoms with Gasteiger partial charge in [0.1, 0.15) is 6.54 Å². The van der Waals surface area contributed by atoms with Crippen molar-refractivity contribution >= 4 is 15.9 Å². The topological polar surface area (TPSA) is 92.6 Å². The number of carbonyl (C=O) groups excluding carboxylic acids is 1. The molecule has 1 saturated heterocycles. The average molecular weight is 376 g/mol. The minimum atomic E-state index is -3.25. The van der Waals surface area contributed by atoms with Crippen LogP contribution in [0.4, 0.5) is 0 Å². The first-order chi connectivity index (χ1) is 12.3. The van der Waals surface area contributed by atoms with Gasteiger partial charge in [0.05, 0.1) is 11.9 Å². The monoisotopic (exact) mass is 376 g/mol. The lowest BCUT2D eigenvalue weighted by Gasteiger charge is -2.33. The Morgan fingerprint density at radius 2 is 1.69 bits per heavy atom. The number of carbonyl (C=O) groups is 1. The zero-order chi connectivity index (χ0) is 18.7. The van der Waals surface area contributed by atoms with Crippen LogP contribution in [-0.2, 0) is 21.4 Å². The molecule has 2 aromatic rings. The second kappa shape index (κ2) is 7.38. The van der Waals surface area contributed by atoms with Gasteiger partial charge < -0.3 is 4.90 Å². The number of rotatable bonds is 4. The van der Waals surface area contributed by atoms with Crippen LogP contribution in [-0.4, -0.2) is 65.7 Å². The lowest BCUT2D eigenvalue weighted by Crippen LogP contribution is -2.51. The van der Waals surface area contributed by atoms with Gasteiger partial charge in [0.25, 0.3) is 5.56 Å². The highest BCUT2D eigenvalue weighted by molar-refractivity contribution is 7.88. The average Bonchev–Trinajstić information content (AvgIpc) is 2.63. The molecule has 0 atom stereocenters. The molecule has 0 aliphatic carbocycles. The molecular formula is C17H20N4O4S. The normalized spacial score (nSPS) is 15.8.